The monoisotopic (exact) mass is 470 g/mol. The quantitative estimate of drug-likeness (QED) is 0.673. The third-order valence-electron chi connectivity index (χ3n) is 7.45. The lowest BCUT2D eigenvalue weighted by Crippen LogP contribution is -2.34. The second-order valence-corrected chi connectivity index (χ2v) is 11.3. The number of aliphatic imine (C=N–C) groups is 1. The van der Waals surface area contributed by atoms with Gasteiger partial charge in [0.15, 0.2) is 5.03 Å². The molecule has 8 heteroatoms. The lowest BCUT2D eigenvalue weighted by molar-refractivity contribution is 0.275. The Bertz CT molecular complexity index is 1110. The molecule has 2 atom stereocenters. The van der Waals surface area contributed by atoms with Crippen molar-refractivity contribution in [1.82, 2.24) is 15.0 Å². The fourth-order valence-corrected chi connectivity index (χ4v) is 6.61. The predicted molar refractivity (Wildman–Crippen MR) is 126 cm³/mol. The van der Waals surface area contributed by atoms with Crippen LogP contribution < -0.4 is 10.0 Å². The van der Waals surface area contributed by atoms with E-state index in [0.29, 0.717) is 30.3 Å². The summed E-state index contributed by atoms with van der Waals surface area (Å²) in [7, 11) is -3.54. The molecule has 5 rings (SSSR count). The number of fused-ring (bicyclic) bond motifs is 3. The highest BCUT2D eigenvalue weighted by molar-refractivity contribution is 7.89. The third kappa shape index (κ3) is 5.11. The van der Waals surface area contributed by atoms with E-state index in [1.807, 2.05) is 6.07 Å². The lowest BCUT2D eigenvalue weighted by atomic mass is 9.79. The second-order valence-electron chi connectivity index (χ2n) is 9.62. The van der Waals surface area contributed by atoms with Crippen molar-refractivity contribution in [1.29, 1.82) is 0 Å². The van der Waals surface area contributed by atoms with Gasteiger partial charge < -0.3 is 5.32 Å². The van der Waals surface area contributed by atoms with Crippen molar-refractivity contribution in [2.24, 2.45) is 16.8 Å². The molecule has 0 amide bonds. The zero-order valence-corrected chi connectivity index (χ0v) is 19.5. The van der Waals surface area contributed by atoms with Crippen LogP contribution in [-0.2, 0) is 16.4 Å². The summed E-state index contributed by atoms with van der Waals surface area (Å²) in [5, 5.41) is 3.68. The van der Waals surface area contributed by atoms with Crippen molar-refractivity contribution in [2.75, 3.05) is 13.1 Å². The van der Waals surface area contributed by atoms with Gasteiger partial charge in [-0.15, -0.1) is 0 Å². The summed E-state index contributed by atoms with van der Waals surface area (Å²) in [6, 6.07) is 10.4. The normalized spacial score (nSPS) is 26.9. The van der Waals surface area contributed by atoms with Gasteiger partial charge in [-0.25, -0.2) is 22.5 Å². The second kappa shape index (κ2) is 9.50. The minimum absolute atomic E-state index is 0.0774. The number of halogens is 1. The number of hydrogen-bond acceptors (Lipinski definition) is 5. The van der Waals surface area contributed by atoms with Crippen molar-refractivity contribution in [2.45, 2.75) is 61.9 Å². The zero-order valence-electron chi connectivity index (χ0n) is 18.7. The van der Waals surface area contributed by atoms with Crippen molar-refractivity contribution in [3.63, 3.8) is 0 Å². The smallest absolute Gasteiger partial charge is 0.258 e. The maximum Gasteiger partial charge on any atom is 0.258 e. The average molecular weight is 471 g/mol. The van der Waals surface area contributed by atoms with Crippen LogP contribution in [0.5, 0.6) is 0 Å². The van der Waals surface area contributed by atoms with E-state index in [1.165, 1.54) is 17.8 Å². The van der Waals surface area contributed by atoms with Crippen LogP contribution in [0.15, 0.2) is 52.6 Å². The van der Waals surface area contributed by atoms with Crippen LogP contribution in [0.4, 0.5) is 4.39 Å². The van der Waals surface area contributed by atoms with Crippen LogP contribution in [0.1, 0.15) is 55.6 Å². The summed E-state index contributed by atoms with van der Waals surface area (Å²) in [4.78, 5) is 8.89. The minimum atomic E-state index is -3.54. The highest BCUT2D eigenvalue weighted by Gasteiger charge is 2.35. The molecule has 3 aliphatic rings. The van der Waals surface area contributed by atoms with Crippen LogP contribution in [0, 0.1) is 17.7 Å². The molecule has 1 aromatic heterocycles. The molecule has 1 aliphatic heterocycles. The predicted octanol–water partition coefficient (Wildman–Crippen LogP) is 3.80. The van der Waals surface area contributed by atoms with Gasteiger partial charge in [-0.05, 0) is 85.8 Å². The molecule has 1 saturated carbocycles. The zero-order chi connectivity index (χ0) is 22.8. The molecule has 0 saturated heterocycles. The first-order valence-electron chi connectivity index (χ1n) is 12.0. The number of nitrogens with one attached hydrogen (secondary N) is 2. The number of aromatic nitrogens is 1. The Kier molecular flexibility index (Phi) is 6.47. The molecule has 2 N–H and O–H groups in total. The number of rotatable bonds is 6. The summed E-state index contributed by atoms with van der Waals surface area (Å²) in [6.45, 7) is 1.38. The first kappa shape index (κ1) is 22.5. The number of nitrogens with zero attached hydrogens (tertiary/aromatic N) is 2. The van der Waals surface area contributed by atoms with E-state index in [4.69, 9.17) is 4.99 Å². The number of aryl methyl sites for hydroxylation is 1. The Labute approximate surface area is 195 Å². The van der Waals surface area contributed by atoms with E-state index < -0.39 is 10.0 Å². The number of sulfonamides is 1. The molecule has 176 valence electrons. The fraction of sp³-hybridized carbons (Fsp3) is 0.520. The van der Waals surface area contributed by atoms with Gasteiger partial charge in [0.1, 0.15) is 5.82 Å². The number of benzene rings is 1. The number of hydrogen-bond donors (Lipinski definition) is 2. The third-order valence-corrected chi connectivity index (χ3v) is 8.79. The molecule has 2 aliphatic carbocycles. The molecule has 1 aromatic carbocycles. The van der Waals surface area contributed by atoms with Gasteiger partial charge in [-0.2, -0.15) is 0 Å². The molecule has 2 aromatic rings. The molecule has 0 radical (unpaired) electrons. The van der Waals surface area contributed by atoms with Gasteiger partial charge in [0.05, 0.1) is 11.9 Å². The maximum atomic E-state index is 13.6. The summed E-state index contributed by atoms with van der Waals surface area (Å²) in [6.07, 6.45) is 8.52. The Hall–Kier alpha value is -2.32. The summed E-state index contributed by atoms with van der Waals surface area (Å²) in [5.41, 5.74) is 2.41. The van der Waals surface area contributed by atoms with Gasteiger partial charge >= 0.3 is 0 Å². The molecular weight excluding hydrogens is 439 g/mol. The minimum Gasteiger partial charge on any atom is -0.374 e. The van der Waals surface area contributed by atoms with E-state index in [0.717, 1.165) is 62.9 Å². The van der Waals surface area contributed by atoms with Gasteiger partial charge in [-0.3, -0.25) is 4.99 Å². The van der Waals surface area contributed by atoms with Crippen molar-refractivity contribution in [3.8, 4) is 0 Å². The van der Waals surface area contributed by atoms with Crippen LogP contribution in [0.3, 0.4) is 0 Å². The van der Waals surface area contributed by atoms with Crippen LogP contribution in [0.25, 0.3) is 0 Å². The van der Waals surface area contributed by atoms with E-state index in [-0.39, 0.29) is 10.8 Å². The van der Waals surface area contributed by atoms with E-state index in [1.54, 1.807) is 24.3 Å². The number of amidine groups is 1. The largest absolute Gasteiger partial charge is 0.374 e. The highest BCUT2D eigenvalue weighted by Crippen LogP contribution is 2.40. The van der Waals surface area contributed by atoms with Gasteiger partial charge in [-0.1, -0.05) is 12.1 Å². The SMILES string of the molecule is O=S(=O)(NCC1CCC(CNC2=N[C@@H]3CCc4cc(F)ccc4[C@@H]3C2)CC1)c1ccccn1. The van der Waals surface area contributed by atoms with Crippen molar-refractivity contribution in [3.05, 3.63) is 59.5 Å². The Morgan fingerprint density at radius 2 is 1.79 bits per heavy atom. The molecule has 33 heavy (non-hydrogen) atoms. The van der Waals surface area contributed by atoms with Crippen molar-refractivity contribution < 1.29 is 12.8 Å². The Morgan fingerprint density at radius 1 is 1.00 bits per heavy atom. The topological polar surface area (TPSA) is 83.5 Å². The van der Waals surface area contributed by atoms with Gasteiger partial charge in [0.25, 0.3) is 10.0 Å². The summed E-state index contributed by atoms with van der Waals surface area (Å²) < 4.78 is 41.1. The van der Waals surface area contributed by atoms with Crippen LogP contribution in [-0.4, -0.2) is 38.4 Å². The molecule has 0 bridgehead atoms. The first-order chi connectivity index (χ1) is 16.0. The Balaban J connectivity index is 1.07. The average Bonchev–Trinajstić information content (AvgIpc) is 3.26. The van der Waals surface area contributed by atoms with Crippen LogP contribution in [0.2, 0.25) is 0 Å². The molecular formula is C25H31FN4O2S. The van der Waals surface area contributed by atoms with E-state index in [9.17, 15) is 12.8 Å². The van der Waals surface area contributed by atoms with Gasteiger partial charge in [0.2, 0.25) is 0 Å². The standard InChI is InChI=1S/C25H31FN4O2S/c26-20-9-10-21-19(13-20)8-11-23-22(21)14-24(30-23)28-15-17-4-6-18(7-5-17)16-29-33(31,32)25-3-1-2-12-27-25/h1-3,9-10,12-13,17-18,22-23,29H,4-8,11,14-16H2,(H,28,30)/t17?,18?,22-,23+/m0/s1. The van der Waals surface area contributed by atoms with E-state index >= 15 is 0 Å². The van der Waals surface area contributed by atoms with Crippen molar-refractivity contribution >= 4 is 15.9 Å². The summed E-state index contributed by atoms with van der Waals surface area (Å²) in [5.74, 6) is 2.26. The van der Waals surface area contributed by atoms with Crippen LogP contribution >= 0.6 is 0 Å². The highest BCUT2D eigenvalue weighted by atomic mass is 32.2. The molecule has 1 fully saturated rings. The molecule has 0 unspecified atom stereocenters. The fourth-order valence-electron chi connectivity index (χ4n) is 5.55. The lowest BCUT2D eigenvalue weighted by Gasteiger charge is -2.29. The number of pyridine rings is 1. The Morgan fingerprint density at radius 3 is 2.55 bits per heavy atom. The molecule has 0 spiro atoms. The van der Waals surface area contributed by atoms with Gasteiger partial charge in [0, 0.05) is 31.6 Å². The molecule has 2 heterocycles. The first-order valence-corrected chi connectivity index (χ1v) is 13.5. The summed E-state index contributed by atoms with van der Waals surface area (Å²) >= 11 is 0. The maximum absolute atomic E-state index is 13.6. The van der Waals surface area contributed by atoms with E-state index in [2.05, 4.69) is 15.0 Å². The molecule has 6 nitrogen and oxygen atoms in total.